The number of carbonyl (C=O) groups is 3. The van der Waals surface area contributed by atoms with Crippen molar-refractivity contribution in [2.24, 2.45) is 0 Å². The Labute approximate surface area is 202 Å². The number of carbonyl (C=O) groups excluding carboxylic acids is 3. The van der Waals surface area contributed by atoms with Crippen molar-refractivity contribution in [1.82, 2.24) is 10.6 Å². The maximum Gasteiger partial charge on any atom is 0.328 e. The molecule has 0 radical (unpaired) electrons. The molecule has 0 aliphatic rings. The molecule has 0 saturated carbocycles. The van der Waals surface area contributed by atoms with Gasteiger partial charge in [-0.1, -0.05) is 66.7 Å². The molecular weight excluding hydrogens is 450 g/mol. The molecule has 0 heterocycles. The first-order chi connectivity index (χ1) is 16.8. The fourth-order valence-corrected chi connectivity index (χ4v) is 3.38. The molecule has 3 rings (SSSR count). The van der Waals surface area contributed by atoms with Gasteiger partial charge < -0.3 is 15.4 Å². The number of ether oxygens (including phenoxy) is 1. The van der Waals surface area contributed by atoms with Crippen molar-refractivity contribution >= 4 is 23.5 Å². The van der Waals surface area contributed by atoms with Crippen molar-refractivity contribution in [3.8, 4) is 0 Å². The van der Waals surface area contributed by atoms with Crippen LogP contribution in [0.25, 0.3) is 0 Å². The minimum atomic E-state index is -1.07. The van der Waals surface area contributed by atoms with Gasteiger partial charge in [-0.25, -0.2) is 4.79 Å². The first-order valence-electron chi connectivity index (χ1n) is 10.9. The third-order valence-electron chi connectivity index (χ3n) is 5.19. The second-order valence-corrected chi connectivity index (χ2v) is 7.83. The molecule has 0 spiro atoms. The molecule has 0 aromatic heterocycles. The Kier molecular flexibility index (Phi) is 8.66. The highest BCUT2D eigenvalue weighted by molar-refractivity contribution is 5.97. The van der Waals surface area contributed by atoms with Gasteiger partial charge in [0.25, 0.3) is 17.5 Å². The van der Waals surface area contributed by atoms with Gasteiger partial charge in [0.15, 0.2) is 6.61 Å². The van der Waals surface area contributed by atoms with E-state index in [4.69, 9.17) is 4.74 Å². The molecular formula is C26H25N3O6. The molecule has 0 aliphatic heterocycles. The molecule has 2 N–H and O–H groups in total. The third-order valence-corrected chi connectivity index (χ3v) is 5.19. The Morgan fingerprint density at radius 2 is 1.57 bits per heavy atom. The number of non-ortho nitro benzene ring substituents is 1. The van der Waals surface area contributed by atoms with Crippen molar-refractivity contribution in [2.75, 3.05) is 6.61 Å². The normalized spacial score (nSPS) is 12.1. The number of esters is 1. The summed E-state index contributed by atoms with van der Waals surface area (Å²) in [6, 6.07) is 22.9. The van der Waals surface area contributed by atoms with Gasteiger partial charge in [-0.15, -0.1) is 0 Å². The Balaban J connectivity index is 1.55. The second kappa shape index (κ2) is 12.1. The molecule has 180 valence electrons. The van der Waals surface area contributed by atoms with Crippen molar-refractivity contribution in [1.29, 1.82) is 0 Å². The number of amides is 2. The largest absolute Gasteiger partial charge is 0.454 e. The average Bonchev–Trinajstić information content (AvgIpc) is 2.88. The molecule has 2 atom stereocenters. The van der Waals surface area contributed by atoms with Gasteiger partial charge in [-0.3, -0.25) is 19.7 Å². The van der Waals surface area contributed by atoms with E-state index in [2.05, 4.69) is 10.6 Å². The van der Waals surface area contributed by atoms with E-state index in [0.29, 0.717) is 6.42 Å². The number of hydrogen-bond donors (Lipinski definition) is 2. The van der Waals surface area contributed by atoms with Crippen LogP contribution in [0.5, 0.6) is 0 Å². The fraction of sp³-hybridized carbons (Fsp3) is 0.192. The van der Waals surface area contributed by atoms with E-state index >= 15 is 0 Å². The van der Waals surface area contributed by atoms with Gasteiger partial charge in [-0.2, -0.15) is 0 Å². The van der Waals surface area contributed by atoms with Crippen LogP contribution in [0.1, 0.15) is 34.5 Å². The molecule has 0 aliphatic carbocycles. The van der Waals surface area contributed by atoms with E-state index in [1.807, 2.05) is 60.7 Å². The highest BCUT2D eigenvalue weighted by atomic mass is 16.6. The molecule has 9 heteroatoms. The van der Waals surface area contributed by atoms with E-state index in [1.165, 1.54) is 25.1 Å². The average molecular weight is 476 g/mol. The number of benzene rings is 3. The third kappa shape index (κ3) is 7.50. The van der Waals surface area contributed by atoms with Gasteiger partial charge in [0.05, 0.1) is 11.0 Å². The first-order valence-corrected chi connectivity index (χ1v) is 10.9. The molecule has 2 amide bonds. The lowest BCUT2D eigenvalue weighted by Crippen LogP contribution is -2.41. The van der Waals surface area contributed by atoms with E-state index in [-0.39, 0.29) is 17.3 Å². The molecule has 1 unspecified atom stereocenters. The van der Waals surface area contributed by atoms with Gasteiger partial charge in [0, 0.05) is 17.7 Å². The maximum atomic E-state index is 12.5. The minimum Gasteiger partial charge on any atom is -0.454 e. The predicted molar refractivity (Wildman–Crippen MR) is 128 cm³/mol. The van der Waals surface area contributed by atoms with Crippen LogP contribution in [0.2, 0.25) is 0 Å². The molecule has 0 saturated heterocycles. The molecule has 0 bridgehead atoms. The monoisotopic (exact) mass is 475 g/mol. The van der Waals surface area contributed by atoms with E-state index in [0.717, 1.165) is 17.2 Å². The molecule has 0 fully saturated rings. The topological polar surface area (TPSA) is 128 Å². The van der Waals surface area contributed by atoms with Crippen LogP contribution in [0, 0.1) is 10.1 Å². The van der Waals surface area contributed by atoms with Gasteiger partial charge >= 0.3 is 5.97 Å². The number of nitro groups is 1. The summed E-state index contributed by atoms with van der Waals surface area (Å²) in [5, 5.41) is 16.2. The summed E-state index contributed by atoms with van der Waals surface area (Å²) in [4.78, 5) is 47.5. The maximum absolute atomic E-state index is 12.5. The van der Waals surface area contributed by atoms with Crippen LogP contribution in [0.4, 0.5) is 5.69 Å². The zero-order chi connectivity index (χ0) is 25.2. The summed E-state index contributed by atoms with van der Waals surface area (Å²) in [6.45, 7) is 0.881. The van der Waals surface area contributed by atoms with Crippen LogP contribution in [0.3, 0.4) is 0 Å². The number of nitrogens with one attached hydrogen (secondary N) is 2. The van der Waals surface area contributed by atoms with Gasteiger partial charge in [0.1, 0.15) is 6.04 Å². The van der Waals surface area contributed by atoms with Crippen LogP contribution in [-0.4, -0.2) is 35.4 Å². The fourth-order valence-electron chi connectivity index (χ4n) is 3.38. The van der Waals surface area contributed by atoms with Crippen molar-refractivity contribution < 1.29 is 24.0 Å². The van der Waals surface area contributed by atoms with Crippen LogP contribution in [0.15, 0.2) is 84.9 Å². The quantitative estimate of drug-likeness (QED) is 0.263. The van der Waals surface area contributed by atoms with Gasteiger partial charge in [-0.05, 0) is 30.5 Å². The predicted octanol–water partition coefficient (Wildman–Crippen LogP) is 3.36. The number of hydrogen-bond acceptors (Lipinski definition) is 6. The van der Waals surface area contributed by atoms with E-state index < -0.39 is 35.4 Å². The Morgan fingerprint density at radius 3 is 2.23 bits per heavy atom. The summed E-state index contributed by atoms with van der Waals surface area (Å²) < 4.78 is 5.08. The van der Waals surface area contributed by atoms with E-state index in [9.17, 15) is 24.5 Å². The smallest absolute Gasteiger partial charge is 0.328 e. The van der Waals surface area contributed by atoms with E-state index in [1.54, 1.807) is 0 Å². The van der Waals surface area contributed by atoms with Crippen molar-refractivity contribution in [3.63, 3.8) is 0 Å². The Bertz CT molecular complexity index is 1180. The zero-order valence-corrected chi connectivity index (χ0v) is 19.0. The standard InChI is InChI=1S/C26H25N3O6/c1-18(27-25(31)21-13-8-14-22(16-21)29(33)34)26(32)35-17-24(30)28-23(20-11-6-3-7-12-20)15-19-9-4-2-5-10-19/h2-14,16,18,23H,15,17H2,1H3,(H,27,31)(H,28,30)/t18-,23?/m0/s1. The summed E-state index contributed by atoms with van der Waals surface area (Å²) in [7, 11) is 0. The molecule has 9 nitrogen and oxygen atoms in total. The molecule has 3 aromatic rings. The SMILES string of the molecule is C[C@H](NC(=O)c1cccc([N+](=O)[O-])c1)C(=O)OCC(=O)NC(Cc1ccccc1)c1ccccc1. The lowest BCUT2D eigenvalue weighted by molar-refractivity contribution is -0.384. The molecule has 35 heavy (non-hydrogen) atoms. The molecule has 3 aromatic carbocycles. The highest BCUT2D eigenvalue weighted by Gasteiger charge is 2.21. The highest BCUT2D eigenvalue weighted by Crippen LogP contribution is 2.18. The van der Waals surface area contributed by atoms with Gasteiger partial charge in [0.2, 0.25) is 0 Å². The summed E-state index contributed by atoms with van der Waals surface area (Å²) in [5.74, 6) is -1.96. The number of nitro benzene ring substituents is 1. The van der Waals surface area contributed by atoms with Crippen LogP contribution < -0.4 is 10.6 Å². The van der Waals surface area contributed by atoms with Crippen LogP contribution in [-0.2, 0) is 20.7 Å². The number of rotatable bonds is 10. The summed E-state index contributed by atoms with van der Waals surface area (Å²) >= 11 is 0. The van der Waals surface area contributed by atoms with Crippen molar-refractivity contribution in [3.05, 3.63) is 112 Å². The summed E-state index contributed by atoms with van der Waals surface area (Å²) in [5.41, 5.74) is 1.74. The summed E-state index contributed by atoms with van der Waals surface area (Å²) in [6.07, 6.45) is 0.556. The first kappa shape index (κ1) is 25.1. The zero-order valence-electron chi connectivity index (χ0n) is 19.0. The van der Waals surface area contributed by atoms with Crippen LogP contribution >= 0.6 is 0 Å². The Hall–Kier alpha value is -4.53. The minimum absolute atomic E-state index is 0.0307. The number of nitrogens with zero attached hydrogens (tertiary/aromatic N) is 1. The van der Waals surface area contributed by atoms with Crippen molar-refractivity contribution in [2.45, 2.75) is 25.4 Å². The lowest BCUT2D eigenvalue weighted by atomic mass is 9.99. The lowest BCUT2D eigenvalue weighted by Gasteiger charge is -2.20. The Morgan fingerprint density at radius 1 is 0.914 bits per heavy atom. The second-order valence-electron chi connectivity index (χ2n) is 7.83.